The van der Waals surface area contributed by atoms with Gasteiger partial charge in [0.1, 0.15) is 0 Å². The Bertz CT molecular complexity index is 510. The van der Waals surface area contributed by atoms with E-state index in [-0.39, 0.29) is 5.54 Å². The third kappa shape index (κ3) is 6.49. The van der Waals surface area contributed by atoms with Gasteiger partial charge in [-0.05, 0) is 45.4 Å². The highest BCUT2D eigenvalue weighted by molar-refractivity contribution is 5.75. The number of benzene rings is 1. The molecule has 1 aliphatic heterocycles. The second-order valence-corrected chi connectivity index (χ2v) is 7.65. The fourth-order valence-electron chi connectivity index (χ4n) is 2.82. The molecule has 1 aromatic carbocycles. The van der Waals surface area contributed by atoms with Crippen molar-refractivity contribution >= 4 is 11.5 Å². The van der Waals surface area contributed by atoms with Crippen LogP contribution in [0.25, 0.3) is 0 Å². The maximum Gasteiger partial charge on any atom is 0.0900 e. The standard InChI is InChI=1S/C19H33N5/c1-16(20)21-9-10-23-11-13-24(14-12-23)18-7-5-17(6-8-18)15-22-19(2,3)4/h5-8,22H,9-15H2,1-4H3,(H2,20,21). The van der Waals surface area contributed by atoms with Gasteiger partial charge in [0.25, 0.3) is 0 Å². The van der Waals surface area contributed by atoms with E-state index in [0.717, 1.165) is 45.8 Å². The molecule has 0 aromatic heterocycles. The van der Waals surface area contributed by atoms with Crippen molar-refractivity contribution in [1.82, 2.24) is 15.5 Å². The summed E-state index contributed by atoms with van der Waals surface area (Å²) in [6.45, 7) is 15.5. The first kappa shape index (κ1) is 18.7. The summed E-state index contributed by atoms with van der Waals surface area (Å²) in [5.41, 5.74) is 2.81. The zero-order chi connectivity index (χ0) is 17.6. The number of nitrogens with one attached hydrogen (secondary N) is 3. The molecule has 0 radical (unpaired) electrons. The molecule has 0 aliphatic carbocycles. The lowest BCUT2D eigenvalue weighted by Crippen LogP contribution is -2.48. The van der Waals surface area contributed by atoms with Gasteiger partial charge in [-0.25, -0.2) is 0 Å². The summed E-state index contributed by atoms with van der Waals surface area (Å²) >= 11 is 0. The van der Waals surface area contributed by atoms with Crippen LogP contribution in [0, 0.1) is 5.41 Å². The highest BCUT2D eigenvalue weighted by Gasteiger charge is 2.17. The van der Waals surface area contributed by atoms with E-state index in [0.29, 0.717) is 5.84 Å². The Labute approximate surface area is 146 Å². The number of piperazine rings is 1. The van der Waals surface area contributed by atoms with Crippen molar-refractivity contribution < 1.29 is 0 Å². The molecule has 0 saturated carbocycles. The average molecular weight is 332 g/mol. The van der Waals surface area contributed by atoms with Crippen molar-refractivity contribution in [3.8, 4) is 0 Å². The van der Waals surface area contributed by atoms with E-state index in [2.05, 4.69) is 65.5 Å². The lowest BCUT2D eigenvalue weighted by atomic mass is 10.1. The molecule has 1 aliphatic rings. The van der Waals surface area contributed by atoms with Crippen LogP contribution in [-0.2, 0) is 6.54 Å². The molecule has 1 aromatic rings. The van der Waals surface area contributed by atoms with Crippen molar-refractivity contribution in [3.63, 3.8) is 0 Å². The molecule has 5 nitrogen and oxygen atoms in total. The Balaban J connectivity index is 1.76. The smallest absolute Gasteiger partial charge is 0.0900 e. The predicted octanol–water partition coefficient (Wildman–Crippen LogP) is 2.28. The Morgan fingerprint density at radius 1 is 1.08 bits per heavy atom. The first-order valence-electron chi connectivity index (χ1n) is 8.94. The predicted molar refractivity (Wildman–Crippen MR) is 103 cm³/mol. The molecule has 1 fully saturated rings. The van der Waals surface area contributed by atoms with Gasteiger partial charge in [0.05, 0.1) is 5.84 Å². The molecule has 5 heteroatoms. The van der Waals surface area contributed by atoms with Gasteiger partial charge < -0.3 is 15.5 Å². The van der Waals surface area contributed by atoms with Gasteiger partial charge in [0.2, 0.25) is 0 Å². The van der Waals surface area contributed by atoms with E-state index in [4.69, 9.17) is 5.41 Å². The van der Waals surface area contributed by atoms with Gasteiger partial charge in [-0.1, -0.05) is 12.1 Å². The topological polar surface area (TPSA) is 54.4 Å². The second kappa shape index (κ2) is 8.49. The van der Waals surface area contributed by atoms with Gasteiger partial charge in [0, 0.05) is 57.0 Å². The van der Waals surface area contributed by atoms with E-state index in [9.17, 15) is 0 Å². The number of nitrogens with zero attached hydrogens (tertiary/aromatic N) is 2. The summed E-state index contributed by atoms with van der Waals surface area (Å²) in [4.78, 5) is 4.93. The minimum absolute atomic E-state index is 0.153. The Morgan fingerprint density at radius 3 is 2.25 bits per heavy atom. The zero-order valence-corrected chi connectivity index (χ0v) is 15.7. The van der Waals surface area contributed by atoms with Crippen LogP contribution in [0.2, 0.25) is 0 Å². The molecule has 0 spiro atoms. The monoisotopic (exact) mass is 331 g/mol. The third-order valence-electron chi connectivity index (χ3n) is 4.31. The molecular formula is C19H33N5. The largest absolute Gasteiger partial charge is 0.373 e. The van der Waals surface area contributed by atoms with Crippen molar-refractivity contribution in [2.45, 2.75) is 39.8 Å². The summed E-state index contributed by atoms with van der Waals surface area (Å²) in [5.74, 6) is 0.551. The van der Waals surface area contributed by atoms with Crippen molar-refractivity contribution in [3.05, 3.63) is 29.8 Å². The molecule has 134 valence electrons. The minimum atomic E-state index is 0.153. The number of hydrogen-bond acceptors (Lipinski definition) is 4. The van der Waals surface area contributed by atoms with Crippen LogP contribution in [-0.4, -0.2) is 55.5 Å². The Hall–Kier alpha value is -1.59. The highest BCUT2D eigenvalue weighted by atomic mass is 15.3. The second-order valence-electron chi connectivity index (χ2n) is 7.65. The van der Waals surface area contributed by atoms with E-state index in [1.54, 1.807) is 6.92 Å². The zero-order valence-electron chi connectivity index (χ0n) is 15.7. The SMILES string of the molecule is CC(=N)NCCN1CCN(c2ccc(CNC(C)(C)C)cc2)CC1. The van der Waals surface area contributed by atoms with E-state index < -0.39 is 0 Å². The van der Waals surface area contributed by atoms with Crippen LogP contribution in [0.4, 0.5) is 5.69 Å². The quantitative estimate of drug-likeness (QED) is 0.553. The van der Waals surface area contributed by atoms with Crippen LogP contribution < -0.4 is 15.5 Å². The fourth-order valence-corrected chi connectivity index (χ4v) is 2.82. The molecule has 24 heavy (non-hydrogen) atoms. The van der Waals surface area contributed by atoms with Gasteiger partial charge in [-0.15, -0.1) is 0 Å². The number of hydrogen-bond donors (Lipinski definition) is 3. The van der Waals surface area contributed by atoms with Gasteiger partial charge >= 0.3 is 0 Å². The minimum Gasteiger partial charge on any atom is -0.373 e. The Kier molecular flexibility index (Phi) is 6.63. The van der Waals surface area contributed by atoms with Gasteiger partial charge in [0.15, 0.2) is 0 Å². The molecule has 3 N–H and O–H groups in total. The van der Waals surface area contributed by atoms with Crippen LogP contribution >= 0.6 is 0 Å². The summed E-state index contributed by atoms with van der Waals surface area (Å²) in [7, 11) is 0. The van der Waals surface area contributed by atoms with Gasteiger partial charge in [-0.3, -0.25) is 10.3 Å². The molecule has 1 heterocycles. The summed E-state index contributed by atoms with van der Waals surface area (Å²) in [6, 6.07) is 8.96. The van der Waals surface area contributed by atoms with Crippen LogP contribution in [0.3, 0.4) is 0 Å². The molecule has 1 saturated heterocycles. The summed E-state index contributed by atoms with van der Waals surface area (Å²) in [6.07, 6.45) is 0. The third-order valence-corrected chi connectivity index (χ3v) is 4.31. The summed E-state index contributed by atoms with van der Waals surface area (Å²) in [5, 5.41) is 14.0. The van der Waals surface area contributed by atoms with E-state index >= 15 is 0 Å². The normalized spacial score (nSPS) is 16.2. The maximum atomic E-state index is 7.39. The van der Waals surface area contributed by atoms with Crippen LogP contribution in [0.5, 0.6) is 0 Å². The van der Waals surface area contributed by atoms with E-state index in [1.165, 1.54) is 11.3 Å². The van der Waals surface area contributed by atoms with Gasteiger partial charge in [-0.2, -0.15) is 0 Å². The molecular weight excluding hydrogens is 298 g/mol. The summed E-state index contributed by atoms with van der Waals surface area (Å²) < 4.78 is 0. The number of amidine groups is 1. The number of anilines is 1. The first-order chi connectivity index (χ1) is 11.3. The first-order valence-corrected chi connectivity index (χ1v) is 8.94. The van der Waals surface area contributed by atoms with Crippen molar-refractivity contribution in [2.24, 2.45) is 0 Å². The highest BCUT2D eigenvalue weighted by Crippen LogP contribution is 2.17. The Morgan fingerprint density at radius 2 is 1.71 bits per heavy atom. The lowest BCUT2D eigenvalue weighted by molar-refractivity contribution is 0.262. The van der Waals surface area contributed by atoms with Crippen molar-refractivity contribution in [1.29, 1.82) is 5.41 Å². The fraction of sp³-hybridized carbons (Fsp3) is 0.632. The molecule has 0 amide bonds. The molecule has 0 unspecified atom stereocenters. The number of rotatable bonds is 6. The average Bonchev–Trinajstić information content (AvgIpc) is 2.53. The van der Waals surface area contributed by atoms with Crippen LogP contribution in [0.1, 0.15) is 33.3 Å². The van der Waals surface area contributed by atoms with Crippen molar-refractivity contribution in [2.75, 3.05) is 44.2 Å². The maximum absolute atomic E-state index is 7.39. The van der Waals surface area contributed by atoms with E-state index in [1.807, 2.05) is 0 Å². The van der Waals surface area contributed by atoms with Crippen LogP contribution in [0.15, 0.2) is 24.3 Å². The molecule has 0 atom stereocenters. The lowest BCUT2D eigenvalue weighted by Gasteiger charge is -2.36. The molecule has 2 rings (SSSR count). The molecule has 0 bridgehead atoms.